The van der Waals surface area contributed by atoms with Crippen molar-refractivity contribution in [2.75, 3.05) is 16.4 Å². The van der Waals surface area contributed by atoms with E-state index in [0.29, 0.717) is 0 Å². The molecular weight excluding hydrogens is 573 g/mol. The second-order valence-corrected chi connectivity index (χ2v) is 12.3. The lowest BCUT2D eigenvalue weighted by atomic mass is 9.82. The number of ketones is 2. The van der Waals surface area contributed by atoms with Gasteiger partial charge < -0.3 is 16.4 Å². The smallest absolute Gasteiger partial charge is 0.296 e. The fourth-order valence-electron chi connectivity index (χ4n) is 4.92. The Kier molecular flexibility index (Phi) is 7.21. The molecule has 0 bridgehead atoms. The Bertz CT molecular complexity index is 1970. The molecule has 0 heterocycles. The Balaban J connectivity index is 2.10. The number of fused-ring (bicyclic) bond motifs is 2. The number of benzene rings is 3. The molecule has 212 valence electrons. The quantitative estimate of drug-likeness (QED) is 0.0942. The monoisotopic (exact) mass is 597 g/mol. The van der Waals surface area contributed by atoms with Gasteiger partial charge in [0, 0.05) is 16.8 Å². The molecule has 0 atom stereocenters. The summed E-state index contributed by atoms with van der Waals surface area (Å²) in [6, 6.07) is 6.66. The molecule has 0 spiro atoms. The average molecular weight is 597 g/mol. The van der Waals surface area contributed by atoms with Crippen LogP contribution in [0.25, 0.3) is 0 Å². The van der Waals surface area contributed by atoms with E-state index < -0.39 is 58.8 Å². The van der Waals surface area contributed by atoms with Crippen molar-refractivity contribution in [2.45, 2.75) is 30.6 Å². The Morgan fingerprint density at radius 1 is 0.878 bits per heavy atom. The third-order valence-electron chi connectivity index (χ3n) is 6.80. The van der Waals surface area contributed by atoms with E-state index in [9.17, 15) is 40.3 Å². The standard InChI is InChI=1S/C26H24BN3O9S2/c1-10-21(11(2)25(41(37,38)39)12(3)22(10)30-26(33)13(4)27)29-16-9-17(40(34,35)36)20(28)19-18(16)23(31)14-7-5-6-8-15(14)24(19)32/h5-9,29H,4,27-28H2,1-3H3,(H,30,33)(H,34,35,36)(H,37,38,39). The molecule has 0 saturated carbocycles. The molecule has 0 aromatic heterocycles. The SMILES string of the molecule is BC(=C)C(=O)Nc1c(C)c(Nc2cc(S(=O)(=O)O)c(N)c3c2C(=O)c2ccccc2C3=O)c(C)c(S(=O)(=O)O)c1C. The maximum Gasteiger partial charge on any atom is 0.296 e. The number of anilines is 4. The molecule has 15 heteroatoms. The zero-order valence-electron chi connectivity index (χ0n) is 22.2. The van der Waals surface area contributed by atoms with Gasteiger partial charge in [-0.25, -0.2) is 0 Å². The fourth-order valence-corrected chi connectivity index (χ4v) is 6.54. The second kappa shape index (κ2) is 9.96. The average Bonchev–Trinajstić information content (AvgIpc) is 2.86. The molecule has 0 radical (unpaired) electrons. The van der Waals surface area contributed by atoms with Crippen LogP contribution < -0.4 is 16.4 Å². The molecule has 0 aliphatic heterocycles. The van der Waals surface area contributed by atoms with E-state index in [1.165, 1.54) is 52.9 Å². The maximum absolute atomic E-state index is 13.7. The highest BCUT2D eigenvalue weighted by Gasteiger charge is 2.37. The number of hydrogen-bond donors (Lipinski definition) is 5. The number of nitrogens with one attached hydrogen (secondary N) is 2. The van der Waals surface area contributed by atoms with Crippen LogP contribution in [0, 0.1) is 20.8 Å². The van der Waals surface area contributed by atoms with Crippen molar-refractivity contribution < 1.29 is 40.3 Å². The number of nitrogens with two attached hydrogens (primary N) is 1. The van der Waals surface area contributed by atoms with E-state index in [4.69, 9.17) is 5.73 Å². The van der Waals surface area contributed by atoms with E-state index in [-0.39, 0.29) is 55.9 Å². The third-order valence-corrected chi connectivity index (χ3v) is 8.82. The number of carbonyl (C=O) groups excluding carboxylic acids is 3. The van der Waals surface area contributed by atoms with E-state index >= 15 is 0 Å². The summed E-state index contributed by atoms with van der Waals surface area (Å²) in [4.78, 5) is 38.2. The first-order valence-electron chi connectivity index (χ1n) is 11.8. The molecule has 1 aliphatic rings. The lowest BCUT2D eigenvalue weighted by Crippen LogP contribution is -2.25. The van der Waals surface area contributed by atoms with Crippen molar-refractivity contribution in [3.8, 4) is 0 Å². The van der Waals surface area contributed by atoms with Gasteiger partial charge in [0.05, 0.1) is 28.2 Å². The van der Waals surface area contributed by atoms with Crippen LogP contribution in [0.1, 0.15) is 48.5 Å². The molecule has 1 aliphatic carbocycles. The first-order chi connectivity index (χ1) is 18.9. The molecule has 4 rings (SSSR count). The molecule has 0 saturated heterocycles. The Morgan fingerprint density at radius 3 is 1.88 bits per heavy atom. The predicted molar refractivity (Wildman–Crippen MR) is 154 cm³/mol. The third kappa shape index (κ3) is 4.93. The molecule has 1 amide bonds. The van der Waals surface area contributed by atoms with Crippen molar-refractivity contribution in [3.63, 3.8) is 0 Å². The summed E-state index contributed by atoms with van der Waals surface area (Å²) in [6.45, 7) is 7.76. The number of amides is 1. The summed E-state index contributed by atoms with van der Waals surface area (Å²) in [7, 11) is -8.48. The summed E-state index contributed by atoms with van der Waals surface area (Å²) in [5.74, 6) is -2.12. The zero-order chi connectivity index (χ0) is 30.8. The van der Waals surface area contributed by atoms with Crippen molar-refractivity contribution in [1.29, 1.82) is 0 Å². The number of rotatable bonds is 6. The lowest BCUT2D eigenvalue weighted by Gasteiger charge is -2.26. The Morgan fingerprint density at radius 2 is 1.39 bits per heavy atom. The topological polar surface area (TPSA) is 210 Å². The highest BCUT2D eigenvalue weighted by Crippen LogP contribution is 2.43. The van der Waals surface area contributed by atoms with Gasteiger partial charge in [-0.15, -0.1) is 6.58 Å². The van der Waals surface area contributed by atoms with Crippen LogP contribution in [0.4, 0.5) is 22.7 Å². The minimum Gasteiger partial charge on any atom is -0.397 e. The summed E-state index contributed by atoms with van der Waals surface area (Å²) in [5, 5.41) is 5.37. The molecule has 6 N–H and O–H groups in total. The fraction of sp³-hybridized carbons (Fsp3) is 0.115. The molecular formula is C26H24BN3O9S2. The molecule has 3 aromatic carbocycles. The first-order valence-corrected chi connectivity index (χ1v) is 14.7. The van der Waals surface area contributed by atoms with Gasteiger partial charge in [-0.05, 0) is 49.0 Å². The van der Waals surface area contributed by atoms with Crippen LogP contribution in [-0.4, -0.2) is 51.3 Å². The van der Waals surface area contributed by atoms with E-state index in [1.54, 1.807) is 0 Å². The summed E-state index contributed by atoms with van der Waals surface area (Å²) in [6.07, 6.45) is 0. The van der Waals surface area contributed by atoms with Crippen molar-refractivity contribution >= 4 is 68.3 Å². The van der Waals surface area contributed by atoms with Crippen molar-refractivity contribution in [3.05, 3.63) is 81.3 Å². The molecule has 12 nitrogen and oxygen atoms in total. The van der Waals surface area contributed by atoms with Crippen LogP contribution in [0.5, 0.6) is 0 Å². The van der Waals surface area contributed by atoms with Gasteiger partial charge in [-0.3, -0.25) is 23.5 Å². The summed E-state index contributed by atoms with van der Waals surface area (Å²) in [5.41, 5.74) is 4.48. The van der Waals surface area contributed by atoms with Gasteiger partial charge in [-0.2, -0.15) is 16.8 Å². The Hall–Kier alpha value is -4.31. The van der Waals surface area contributed by atoms with Gasteiger partial charge in [-0.1, -0.05) is 24.3 Å². The van der Waals surface area contributed by atoms with Crippen LogP contribution >= 0.6 is 0 Å². The van der Waals surface area contributed by atoms with Crippen LogP contribution in [0.3, 0.4) is 0 Å². The van der Waals surface area contributed by atoms with Gasteiger partial charge in [0.25, 0.3) is 20.2 Å². The van der Waals surface area contributed by atoms with Crippen LogP contribution in [0.15, 0.2) is 52.2 Å². The number of carbonyl (C=O) groups is 3. The van der Waals surface area contributed by atoms with E-state index in [2.05, 4.69) is 17.2 Å². The molecule has 3 aromatic rings. The van der Waals surface area contributed by atoms with Gasteiger partial charge in [0.15, 0.2) is 11.6 Å². The second-order valence-electron chi connectivity index (χ2n) is 9.55. The number of nitrogen functional groups attached to an aromatic ring is 1. The normalized spacial score (nSPS) is 12.9. The number of hydrogen-bond acceptors (Lipinski definition) is 9. The predicted octanol–water partition coefficient (Wildman–Crippen LogP) is 2.29. The largest absolute Gasteiger partial charge is 0.397 e. The van der Waals surface area contributed by atoms with Gasteiger partial charge in [0.1, 0.15) is 17.6 Å². The highest BCUT2D eigenvalue weighted by molar-refractivity contribution is 7.86. The lowest BCUT2D eigenvalue weighted by molar-refractivity contribution is -0.112. The summed E-state index contributed by atoms with van der Waals surface area (Å²) < 4.78 is 69.3. The van der Waals surface area contributed by atoms with Crippen LogP contribution in [-0.2, 0) is 25.0 Å². The van der Waals surface area contributed by atoms with Crippen molar-refractivity contribution in [2.24, 2.45) is 0 Å². The molecule has 0 fully saturated rings. The van der Waals surface area contributed by atoms with Crippen LogP contribution in [0.2, 0.25) is 0 Å². The van der Waals surface area contributed by atoms with E-state index in [0.717, 1.165) is 6.07 Å². The Labute approximate surface area is 236 Å². The minimum absolute atomic E-state index is 0.000733. The van der Waals surface area contributed by atoms with Gasteiger partial charge >= 0.3 is 0 Å². The van der Waals surface area contributed by atoms with Crippen molar-refractivity contribution in [1.82, 2.24) is 0 Å². The highest BCUT2D eigenvalue weighted by atomic mass is 32.2. The van der Waals surface area contributed by atoms with Gasteiger partial charge in [0.2, 0.25) is 5.91 Å². The zero-order valence-corrected chi connectivity index (χ0v) is 23.9. The minimum atomic E-state index is -5.02. The van der Waals surface area contributed by atoms with E-state index in [1.807, 2.05) is 0 Å². The maximum atomic E-state index is 13.7. The first kappa shape index (κ1) is 29.7. The summed E-state index contributed by atoms with van der Waals surface area (Å²) >= 11 is 0. The molecule has 0 unspecified atom stereocenters. The molecule has 41 heavy (non-hydrogen) atoms.